The van der Waals surface area contributed by atoms with Crippen LogP contribution in [-0.4, -0.2) is 31.1 Å². The highest BCUT2D eigenvalue weighted by Gasteiger charge is 2.27. The van der Waals surface area contributed by atoms with E-state index in [2.05, 4.69) is 4.74 Å². The lowest BCUT2D eigenvalue weighted by Gasteiger charge is -2.10. The zero-order valence-electron chi connectivity index (χ0n) is 9.34. The Kier molecular flexibility index (Phi) is 5.36. The van der Waals surface area contributed by atoms with Crippen molar-refractivity contribution in [3.05, 3.63) is 29.6 Å². The Bertz CT molecular complexity index is 379. The van der Waals surface area contributed by atoms with Crippen molar-refractivity contribution >= 4 is 0 Å². The molecule has 0 spiro atoms. The summed E-state index contributed by atoms with van der Waals surface area (Å²) in [6.45, 7) is -2.14. The van der Waals surface area contributed by atoms with Gasteiger partial charge in [0.05, 0.1) is 13.2 Å². The van der Waals surface area contributed by atoms with E-state index < -0.39 is 18.6 Å². The molecule has 7 heteroatoms. The van der Waals surface area contributed by atoms with Crippen LogP contribution in [0.4, 0.5) is 17.6 Å². The molecule has 0 fully saturated rings. The maximum Gasteiger partial charge on any atom is 0.411 e. The third-order valence-corrected chi connectivity index (χ3v) is 1.93. The molecule has 0 unspecified atom stereocenters. The monoisotopic (exact) mass is 268 g/mol. The van der Waals surface area contributed by atoms with Gasteiger partial charge in [0.1, 0.15) is 13.2 Å². The minimum Gasteiger partial charge on any atom is -0.488 e. The van der Waals surface area contributed by atoms with Crippen LogP contribution in [-0.2, 0) is 11.3 Å². The maximum atomic E-state index is 13.3. The molecule has 1 rings (SSSR count). The van der Waals surface area contributed by atoms with Crippen molar-refractivity contribution in [1.82, 2.24) is 0 Å². The molecule has 0 bridgehead atoms. The van der Waals surface area contributed by atoms with Crippen molar-refractivity contribution in [3.63, 3.8) is 0 Å². The van der Waals surface area contributed by atoms with E-state index in [4.69, 9.17) is 9.84 Å². The van der Waals surface area contributed by atoms with Gasteiger partial charge in [-0.1, -0.05) is 6.07 Å². The summed E-state index contributed by atoms with van der Waals surface area (Å²) in [6, 6.07) is 3.84. The second kappa shape index (κ2) is 6.55. The number of rotatable bonds is 6. The number of alkyl halides is 3. The summed E-state index contributed by atoms with van der Waals surface area (Å²) in [5.74, 6) is -0.778. The first-order valence-electron chi connectivity index (χ1n) is 5.09. The molecule has 0 atom stereocenters. The Morgan fingerprint density at radius 3 is 2.44 bits per heavy atom. The highest BCUT2D eigenvalue weighted by atomic mass is 19.4. The van der Waals surface area contributed by atoms with E-state index in [-0.39, 0.29) is 25.6 Å². The molecule has 102 valence electrons. The fourth-order valence-electron chi connectivity index (χ4n) is 1.16. The Morgan fingerprint density at radius 1 is 1.17 bits per heavy atom. The summed E-state index contributed by atoms with van der Waals surface area (Å²) >= 11 is 0. The lowest BCUT2D eigenvalue weighted by Crippen LogP contribution is -2.19. The number of halogens is 4. The van der Waals surface area contributed by atoms with Gasteiger partial charge in [-0.15, -0.1) is 0 Å². The predicted octanol–water partition coefficient (Wildman–Crippen LogP) is 2.28. The second-order valence-corrected chi connectivity index (χ2v) is 3.44. The minimum absolute atomic E-state index is 0.0946. The summed E-state index contributed by atoms with van der Waals surface area (Å²) in [5.41, 5.74) is 0.383. The fraction of sp³-hybridized carbons (Fsp3) is 0.455. The zero-order valence-corrected chi connectivity index (χ0v) is 9.34. The summed E-state index contributed by atoms with van der Waals surface area (Å²) in [5, 5.41) is 8.74. The van der Waals surface area contributed by atoms with E-state index >= 15 is 0 Å². The molecule has 3 nitrogen and oxygen atoms in total. The van der Waals surface area contributed by atoms with Gasteiger partial charge in [-0.05, 0) is 17.7 Å². The molecule has 1 aromatic carbocycles. The van der Waals surface area contributed by atoms with Gasteiger partial charge in [0.15, 0.2) is 11.6 Å². The predicted molar refractivity (Wildman–Crippen MR) is 54.7 cm³/mol. The molecule has 1 N–H and O–H groups in total. The van der Waals surface area contributed by atoms with Crippen LogP contribution in [0.3, 0.4) is 0 Å². The van der Waals surface area contributed by atoms with Gasteiger partial charge in [-0.2, -0.15) is 13.2 Å². The normalized spacial score (nSPS) is 11.6. The van der Waals surface area contributed by atoms with E-state index in [0.717, 1.165) is 6.07 Å². The van der Waals surface area contributed by atoms with Crippen molar-refractivity contribution in [2.24, 2.45) is 0 Å². The summed E-state index contributed by atoms with van der Waals surface area (Å²) < 4.78 is 57.6. The molecule has 0 aliphatic carbocycles. The highest BCUT2D eigenvalue weighted by molar-refractivity contribution is 5.28. The quantitative estimate of drug-likeness (QED) is 0.635. The standard InChI is InChI=1S/C11H12F4O3/c12-9-5-8(6-16)1-2-10(9)18-4-3-17-7-11(13,14)15/h1-2,5,16H,3-4,6-7H2. The van der Waals surface area contributed by atoms with E-state index in [9.17, 15) is 17.6 Å². The van der Waals surface area contributed by atoms with Crippen LogP contribution in [0.15, 0.2) is 18.2 Å². The van der Waals surface area contributed by atoms with Crippen LogP contribution in [0.25, 0.3) is 0 Å². The van der Waals surface area contributed by atoms with Gasteiger partial charge >= 0.3 is 6.18 Å². The van der Waals surface area contributed by atoms with Crippen molar-refractivity contribution < 1.29 is 32.1 Å². The average Bonchev–Trinajstić information content (AvgIpc) is 2.29. The number of aliphatic hydroxyl groups is 1. The Labute approximate surface area is 101 Å². The first-order valence-corrected chi connectivity index (χ1v) is 5.09. The lowest BCUT2D eigenvalue weighted by atomic mass is 10.2. The Morgan fingerprint density at radius 2 is 1.89 bits per heavy atom. The third-order valence-electron chi connectivity index (χ3n) is 1.93. The number of ether oxygens (including phenoxy) is 2. The lowest BCUT2D eigenvalue weighted by molar-refractivity contribution is -0.175. The van der Waals surface area contributed by atoms with Crippen molar-refractivity contribution in [2.45, 2.75) is 12.8 Å². The van der Waals surface area contributed by atoms with Crippen LogP contribution in [0.2, 0.25) is 0 Å². The summed E-state index contributed by atoms with van der Waals surface area (Å²) in [6.07, 6.45) is -4.38. The summed E-state index contributed by atoms with van der Waals surface area (Å²) in [7, 11) is 0. The zero-order chi connectivity index (χ0) is 13.6. The third kappa shape index (κ3) is 5.33. The molecule has 0 amide bonds. The maximum absolute atomic E-state index is 13.3. The smallest absolute Gasteiger partial charge is 0.411 e. The number of aliphatic hydroxyl groups excluding tert-OH is 1. The molecule has 0 aromatic heterocycles. The van der Waals surface area contributed by atoms with Crippen molar-refractivity contribution in [3.8, 4) is 5.75 Å². The van der Waals surface area contributed by atoms with Gasteiger partial charge in [0, 0.05) is 0 Å². The first-order chi connectivity index (χ1) is 8.42. The number of benzene rings is 1. The largest absolute Gasteiger partial charge is 0.488 e. The van der Waals surface area contributed by atoms with Crippen molar-refractivity contribution in [1.29, 1.82) is 0 Å². The Balaban J connectivity index is 2.31. The van der Waals surface area contributed by atoms with Crippen molar-refractivity contribution in [2.75, 3.05) is 19.8 Å². The number of hydrogen-bond acceptors (Lipinski definition) is 3. The van der Waals surface area contributed by atoms with Crippen LogP contribution in [0.1, 0.15) is 5.56 Å². The van der Waals surface area contributed by atoms with E-state index in [1.165, 1.54) is 12.1 Å². The minimum atomic E-state index is -4.38. The molecule has 1 aromatic rings. The van der Waals surface area contributed by atoms with Crippen LogP contribution in [0.5, 0.6) is 5.75 Å². The van der Waals surface area contributed by atoms with Gasteiger partial charge in [-0.25, -0.2) is 4.39 Å². The molecule has 18 heavy (non-hydrogen) atoms. The molecular formula is C11H12F4O3. The molecular weight excluding hydrogens is 256 g/mol. The molecule has 0 aliphatic rings. The van der Waals surface area contributed by atoms with E-state index in [1.54, 1.807) is 0 Å². The van der Waals surface area contributed by atoms with Gasteiger partial charge in [0.2, 0.25) is 0 Å². The van der Waals surface area contributed by atoms with Gasteiger partial charge < -0.3 is 14.6 Å². The van der Waals surface area contributed by atoms with Crippen LogP contribution < -0.4 is 4.74 Å². The second-order valence-electron chi connectivity index (χ2n) is 3.44. The van der Waals surface area contributed by atoms with Crippen LogP contribution in [0, 0.1) is 5.82 Å². The average molecular weight is 268 g/mol. The molecule has 0 radical (unpaired) electrons. The van der Waals surface area contributed by atoms with Gasteiger partial charge in [0.25, 0.3) is 0 Å². The number of hydrogen-bond donors (Lipinski definition) is 1. The summed E-state index contributed by atoms with van der Waals surface area (Å²) in [4.78, 5) is 0. The Hall–Kier alpha value is -1.34. The fourth-order valence-corrected chi connectivity index (χ4v) is 1.16. The van der Waals surface area contributed by atoms with E-state index in [0.29, 0.717) is 5.56 Å². The highest BCUT2D eigenvalue weighted by Crippen LogP contribution is 2.18. The first kappa shape index (κ1) is 14.7. The van der Waals surface area contributed by atoms with Crippen LogP contribution >= 0.6 is 0 Å². The molecule has 0 saturated heterocycles. The van der Waals surface area contributed by atoms with Gasteiger partial charge in [-0.3, -0.25) is 0 Å². The SMILES string of the molecule is OCc1ccc(OCCOCC(F)(F)F)c(F)c1. The molecule has 0 saturated carbocycles. The van der Waals surface area contributed by atoms with E-state index in [1.807, 2.05) is 0 Å². The molecule has 0 heterocycles. The molecule has 0 aliphatic heterocycles. The topological polar surface area (TPSA) is 38.7 Å².